The number of benzene rings is 2. The van der Waals surface area contributed by atoms with Crippen molar-refractivity contribution in [1.29, 1.82) is 0 Å². The number of hydrogen-bond acceptors (Lipinski definition) is 7. The average molecular weight is 549 g/mol. The van der Waals surface area contributed by atoms with Crippen molar-refractivity contribution in [2.45, 2.75) is 31.6 Å². The van der Waals surface area contributed by atoms with E-state index in [9.17, 15) is 14.4 Å². The van der Waals surface area contributed by atoms with Crippen LogP contribution in [-0.2, 0) is 16.1 Å². The van der Waals surface area contributed by atoms with Crippen LogP contribution in [0.2, 0.25) is 0 Å². The first-order chi connectivity index (χ1) is 18.9. The fourth-order valence-corrected chi connectivity index (χ4v) is 4.92. The van der Waals surface area contributed by atoms with Crippen LogP contribution in [0.5, 0.6) is 0 Å². The maximum absolute atomic E-state index is 12.8. The van der Waals surface area contributed by atoms with E-state index in [2.05, 4.69) is 27.4 Å². The van der Waals surface area contributed by atoms with Crippen molar-refractivity contribution in [2.75, 3.05) is 37.4 Å². The van der Waals surface area contributed by atoms with Crippen molar-refractivity contribution in [3.63, 3.8) is 0 Å². The van der Waals surface area contributed by atoms with Gasteiger partial charge in [0.25, 0.3) is 11.8 Å². The maximum atomic E-state index is 12.8. The fraction of sp³-hybridized carbons (Fsp3) is 0.321. The molecule has 39 heavy (non-hydrogen) atoms. The largest absolute Gasteiger partial charge is 0.378 e. The molecule has 2 N–H and O–H groups in total. The number of morpholine rings is 1. The van der Waals surface area contributed by atoms with Gasteiger partial charge < -0.3 is 24.8 Å². The number of aromatic nitrogens is 3. The number of nitrogens with zero attached hydrogens (tertiary/aromatic N) is 4. The minimum atomic E-state index is -0.416. The summed E-state index contributed by atoms with van der Waals surface area (Å²) in [6.07, 6.45) is 1.71. The van der Waals surface area contributed by atoms with Crippen LogP contribution in [0.25, 0.3) is 0 Å². The van der Waals surface area contributed by atoms with Gasteiger partial charge in [-0.25, -0.2) is 0 Å². The van der Waals surface area contributed by atoms with E-state index < -0.39 is 6.04 Å². The number of carbonyl (C=O) groups excluding carboxylic acids is 3. The van der Waals surface area contributed by atoms with Crippen LogP contribution >= 0.6 is 11.8 Å². The summed E-state index contributed by atoms with van der Waals surface area (Å²) in [6.45, 7) is 10.1. The highest BCUT2D eigenvalue weighted by Crippen LogP contribution is 2.22. The quantitative estimate of drug-likeness (QED) is 0.294. The standard InChI is InChI=1S/C28H32N6O4S/c1-4-11-34-25(20(3)29-26(36)21-8-5-7-19(2)16-21)31-32-28(34)39-18-24(35)30-23-10-6-9-22(17-23)27(37)33-12-14-38-15-13-33/h4-10,16-17,20H,1,11-15,18H2,2-3H3,(H,29,36)(H,30,35)/t20-/m1/s1. The Morgan fingerprint density at radius 3 is 2.59 bits per heavy atom. The molecule has 1 aliphatic rings. The summed E-state index contributed by atoms with van der Waals surface area (Å²) in [7, 11) is 0. The maximum Gasteiger partial charge on any atom is 0.254 e. The summed E-state index contributed by atoms with van der Waals surface area (Å²) >= 11 is 1.23. The molecule has 3 aromatic rings. The Kier molecular flexibility index (Phi) is 9.50. The lowest BCUT2D eigenvalue weighted by Gasteiger charge is -2.27. The minimum absolute atomic E-state index is 0.0843. The number of rotatable bonds is 10. The molecule has 0 unspecified atom stereocenters. The van der Waals surface area contributed by atoms with Crippen molar-refractivity contribution in [3.05, 3.63) is 83.7 Å². The van der Waals surface area contributed by atoms with E-state index in [1.165, 1.54) is 11.8 Å². The van der Waals surface area contributed by atoms with Gasteiger partial charge in [0.1, 0.15) is 0 Å². The molecule has 4 rings (SSSR count). The normalized spacial score (nSPS) is 13.9. The van der Waals surface area contributed by atoms with Gasteiger partial charge in [0.2, 0.25) is 5.91 Å². The van der Waals surface area contributed by atoms with E-state index in [4.69, 9.17) is 4.74 Å². The number of ether oxygens (including phenoxy) is 1. The molecule has 3 amide bonds. The van der Waals surface area contributed by atoms with Crippen LogP contribution in [0.1, 0.15) is 45.1 Å². The van der Waals surface area contributed by atoms with Crippen LogP contribution < -0.4 is 10.6 Å². The molecule has 204 valence electrons. The Morgan fingerprint density at radius 1 is 1.10 bits per heavy atom. The zero-order chi connectivity index (χ0) is 27.8. The first-order valence-corrected chi connectivity index (χ1v) is 13.7. The average Bonchev–Trinajstić information content (AvgIpc) is 3.35. The second-order valence-corrected chi connectivity index (χ2v) is 10.1. The second kappa shape index (κ2) is 13.2. The van der Waals surface area contributed by atoms with E-state index in [0.717, 1.165) is 5.56 Å². The number of nitrogens with one attached hydrogen (secondary N) is 2. The molecular formula is C28H32N6O4S. The molecule has 2 aromatic carbocycles. The Hall–Kier alpha value is -3.96. The third kappa shape index (κ3) is 7.33. The predicted octanol–water partition coefficient (Wildman–Crippen LogP) is 3.47. The molecule has 1 aliphatic heterocycles. The molecule has 0 aliphatic carbocycles. The number of amides is 3. The van der Waals surface area contributed by atoms with Gasteiger partial charge in [0.05, 0.1) is 25.0 Å². The van der Waals surface area contributed by atoms with Crippen molar-refractivity contribution in [1.82, 2.24) is 25.0 Å². The summed E-state index contributed by atoms with van der Waals surface area (Å²) in [4.78, 5) is 40.0. The highest BCUT2D eigenvalue weighted by atomic mass is 32.2. The van der Waals surface area contributed by atoms with Crippen LogP contribution in [0, 0.1) is 6.92 Å². The van der Waals surface area contributed by atoms with Gasteiger partial charge in [-0.1, -0.05) is 41.6 Å². The summed E-state index contributed by atoms with van der Waals surface area (Å²) in [5.41, 5.74) is 2.62. The first-order valence-electron chi connectivity index (χ1n) is 12.7. The smallest absolute Gasteiger partial charge is 0.254 e. The van der Waals surface area contributed by atoms with Gasteiger partial charge in [-0.15, -0.1) is 16.8 Å². The molecule has 0 saturated carbocycles. The van der Waals surface area contributed by atoms with Crippen LogP contribution in [-0.4, -0.2) is 69.4 Å². The van der Waals surface area contributed by atoms with Gasteiger partial charge in [0, 0.05) is 36.4 Å². The SMILES string of the molecule is C=CCn1c(SCC(=O)Nc2cccc(C(=O)N3CCOCC3)c2)nnc1[C@@H](C)NC(=O)c1cccc(C)c1. The molecule has 1 fully saturated rings. The zero-order valence-corrected chi connectivity index (χ0v) is 22.9. The summed E-state index contributed by atoms with van der Waals surface area (Å²) in [5.74, 6) is 0.111. The first kappa shape index (κ1) is 28.1. The van der Waals surface area contributed by atoms with Gasteiger partial charge in [-0.3, -0.25) is 14.4 Å². The van der Waals surface area contributed by atoms with Gasteiger partial charge in [-0.05, 0) is 44.2 Å². The van der Waals surface area contributed by atoms with Crippen LogP contribution in [0.3, 0.4) is 0 Å². The van der Waals surface area contributed by atoms with E-state index in [-0.39, 0.29) is 23.5 Å². The Labute approximate surface area is 231 Å². The number of aryl methyl sites for hydroxylation is 1. The monoisotopic (exact) mass is 548 g/mol. The Bertz CT molecular complexity index is 1350. The lowest BCUT2D eigenvalue weighted by atomic mass is 10.1. The predicted molar refractivity (Wildman–Crippen MR) is 150 cm³/mol. The summed E-state index contributed by atoms with van der Waals surface area (Å²) in [6, 6.07) is 13.8. The number of thioether (sulfide) groups is 1. The molecule has 11 heteroatoms. The third-order valence-electron chi connectivity index (χ3n) is 6.10. The van der Waals surface area contributed by atoms with Crippen molar-refractivity contribution in [2.24, 2.45) is 0 Å². The Morgan fingerprint density at radius 2 is 1.85 bits per heavy atom. The summed E-state index contributed by atoms with van der Waals surface area (Å²) < 4.78 is 7.14. The van der Waals surface area contributed by atoms with Gasteiger partial charge in [0.15, 0.2) is 11.0 Å². The van der Waals surface area contributed by atoms with Crippen molar-refractivity contribution < 1.29 is 19.1 Å². The minimum Gasteiger partial charge on any atom is -0.378 e. The molecule has 1 aromatic heterocycles. The number of carbonyl (C=O) groups is 3. The zero-order valence-electron chi connectivity index (χ0n) is 22.1. The molecular weight excluding hydrogens is 516 g/mol. The number of hydrogen-bond donors (Lipinski definition) is 2. The van der Waals surface area contributed by atoms with Crippen LogP contribution in [0.4, 0.5) is 5.69 Å². The molecule has 0 bridgehead atoms. The van der Waals surface area contributed by atoms with E-state index in [1.54, 1.807) is 41.3 Å². The third-order valence-corrected chi connectivity index (χ3v) is 7.06. The second-order valence-electron chi connectivity index (χ2n) is 9.13. The van der Waals surface area contributed by atoms with E-state index >= 15 is 0 Å². The molecule has 0 radical (unpaired) electrons. The van der Waals surface area contributed by atoms with Crippen molar-refractivity contribution in [3.8, 4) is 0 Å². The highest BCUT2D eigenvalue weighted by Gasteiger charge is 2.21. The number of allylic oxidation sites excluding steroid dienone is 1. The van der Waals surface area contributed by atoms with Gasteiger partial charge >= 0.3 is 0 Å². The van der Waals surface area contributed by atoms with Gasteiger partial charge in [-0.2, -0.15) is 0 Å². The van der Waals surface area contributed by atoms with E-state index in [0.29, 0.717) is 60.6 Å². The number of anilines is 1. The lowest BCUT2D eigenvalue weighted by molar-refractivity contribution is -0.113. The molecule has 10 nitrogen and oxygen atoms in total. The topological polar surface area (TPSA) is 118 Å². The molecule has 2 heterocycles. The highest BCUT2D eigenvalue weighted by molar-refractivity contribution is 7.99. The molecule has 1 atom stereocenters. The Balaban J connectivity index is 1.37. The summed E-state index contributed by atoms with van der Waals surface area (Å²) in [5, 5.41) is 14.9. The van der Waals surface area contributed by atoms with Crippen molar-refractivity contribution >= 4 is 35.2 Å². The molecule has 0 spiro atoms. The molecule has 1 saturated heterocycles. The van der Waals surface area contributed by atoms with E-state index in [1.807, 2.05) is 36.6 Å². The van der Waals surface area contributed by atoms with Crippen LogP contribution in [0.15, 0.2) is 66.3 Å². The fourth-order valence-electron chi connectivity index (χ4n) is 4.16. The lowest BCUT2D eigenvalue weighted by Crippen LogP contribution is -2.40.